The number of hydrogen-bond donors (Lipinski definition) is 0. The summed E-state index contributed by atoms with van der Waals surface area (Å²) in [4.78, 5) is 0. The van der Waals surface area contributed by atoms with E-state index in [0.717, 1.165) is 12.3 Å². The van der Waals surface area contributed by atoms with Crippen molar-refractivity contribution in [2.75, 3.05) is 12.3 Å². The Morgan fingerprint density at radius 1 is 0.645 bits per heavy atom. The van der Waals surface area contributed by atoms with Crippen molar-refractivity contribution < 1.29 is 160 Å². The minimum atomic E-state index is -0.386. The summed E-state index contributed by atoms with van der Waals surface area (Å²) in [6, 6.07) is 16.8. The first kappa shape index (κ1) is 42.4. The molecule has 31 heavy (non-hydrogen) atoms. The van der Waals surface area contributed by atoms with Crippen LogP contribution in [0.25, 0.3) is 0 Å². The normalized spacial score (nSPS) is 17.5. The molecule has 2 unspecified atom stereocenters. The van der Waals surface area contributed by atoms with Gasteiger partial charge in [-0.1, -0.05) is 70.8 Å². The molecule has 0 spiro atoms. The maximum absolute atomic E-state index is 5.65. The molecular formula is C23H36Ar4O2P2. The molecule has 0 aromatic heterocycles. The van der Waals surface area contributed by atoms with Crippen LogP contribution in [0.5, 0.6) is 0 Å². The van der Waals surface area contributed by atoms with Crippen molar-refractivity contribution in [2.45, 2.75) is 59.5 Å². The third kappa shape index (κ3) is 20.0. The second-order valence-electron chi connectivity index (χ2n) is 7.50. The standard InChI is InChI=1S/C9H12.C7H16O2P2.C7H8.4Ar/c1-7-4-8(2)6-9(3)5-7;1-7(2)8-5(3-10)6(4-11)9-7;1-7-5-3-2-4-6-7;;;;/h4-6H,1-3H3;5-6H,3-4,10-11H2,1-2H3;2-6H,1H3;;;;/t;5-,6-;;;;;/m.0...../s1. The second-order valence-corrected chi connectivity index (χ2v) is 8.45. The maximum atomic E-state index is 5.65. The summed E-state index contributed by atoms with van der Waals surface area (Å²) in [6.07, 6.45) is 2.38. The van der Waals surface area contributed by atoms with Gasteiger partial charge in [0.2, 0.25) is 0 Å². The predicted octanol–water partition coefficient (Wildman–Crippen LogP) is 5.86. The van der Waals surface area contributed by atoms with Crippen molar-refractivity contribution in [2.24, 2.45) is 0 Å². The molecule has 1 fully saturated rings. The molecule has 0 bridgehead atoms. The van der Waals surface area contributed by atoms with Crippen LogP contribution in [0, 0.1) is 179 Å². The summed E-state index contributed by atoms with van der Waals surface area (Å²) in [5.41, 5.74) is 5.38. The van der Waals surface area contributed by atoms with Gasteiger partial charge < -0.3 is 9.47 Å². The van der Waals surface area contributed by atoms with Crippen LogP contribution in [0.1, 0.15) is 36.1 Å². The number of ether oxygens (including phenoxy) is 2. The minimum absolute atomic E-state index is 0. The molecular weight excluding hydrogens is 530 g/mol. The summed E-state index contributed by atoms with van der Waals surface area (Å²) < 4.78 is 11.3. The second kappa shape index (κ2) is 23.4. The Kier molecular flexibility index (Phi) is 31.9. The van der Waals surface area contributed by atoms with Gasteiger partial charge in [-0.25, -0.2) is 0 Å². The van der Waals surface area contributed by atoms with Crippen LogP contribution in [0.2, 0.25) is 0 Å². The first-order valence-corrected chi connectivity index (χ1v) is 11.1. The van der Waals surface area contributed by atoms with Crippen molar-refractivity contribution in [3.05, 3.63) is 70.8 Å². The van der Waals surface area contributed by atoms with Gasteiger partial charge in [-0.3, -0.25) is 0 Å². The molecule has 2 nitrogen and oxygen atoms in total. The van der Waals surface area contributed by atoms with Crippen LogP contribution < -0.4 is 0 Å². The molecule has 182 valence electrons. The molecule has 2 aromatic carbocycles. The van der Waals surface area contributed by atoms with Crippen molar-refractivity contribution >= 4 is 18.5 Å². The van der Waals surface area contributed by atoms with Gasteiger partial charge in [0.25, 0.3) is 0 Å². The summed E-state index contributed by atoms with van der Waals surface area (Å²) in [5, 5.41) is 0. The number of hydrogen-bond acceptors (Lipinski definition) is 2. The number of aryl methyl sites for hydroxylation is 4. The summed E-state index contributed by atoms with van der Waals surface area (Å²) >= 11 is 0. The molecule has 0 amide bonds. The number of benzene rings is 2. The van der Waals surface area contributed by atoms with Crippen LogP contribution in [-0.2, 0) is 9.47 Å². The van der Waals surface area contributed by atoms with Crippen LogP contribution in [0.4, 0.5) is 0 Å². The third-order valence-electron chi connectivity index (χ3n) is 4.06. The van der Waals surface area contributed by atoms with E-state index in [0.29, 0.717) is 0 Å². The molecule has 2 aromatic rings. The predicted molar refractivity (Wildman–Crippen MR) is 125 cm³/mol. The molecule has 1 saturated heterocycles. The smallest absolute Gasteiger partial charge is 0.163 e. The maximum Gasteiger partial charge on any atom is 0.163 e. The van der Waals surface area contributed by atoms with Gasteiger partial charge in [-0.15, -0.1) is 18.5 Å². The van der Waals surface area contributed by atoms with Crippen molar-refractivity contribution in [3.8, 4) is 0 Å². The molecule has 1 aliphatic rings. The monoisotopic (exact) mass is 566 g/mol. The van der Waals surface area contributed by atoms with Gasteiger partial charge in [-0.2, -0.15) is 0 Å². The Balaban J connectivity index is -0.000000169. The van der Waals surface area contributed by atoms with E-state index in [1.54, 1.807) is 0 Å². The minimum Gasteiger partial charge on any atom is -0.344 e. The Labute approximate surface area is 315 Å². The first-order chi connectivity index (χ1) is 12.7. The zero-order valence-electron chi connectivity index (χ0n) is 19.1. The van der Waals surface area contributed by atoms with Gasteiger partial charge in [0, 0.05) is 151 Å². The molecule has 0 aliphatic carbocycles. The van der Waals surface area contributed by atoms with Crippen LogP contribution in [-0.4, -0.2) is 30.3 Å². The molecule has 8 heteroatoms. The Morgan fingerprint density at radius 2 is 0.968 bits per heavy atom. The molecule has 0 saturated carbocycles. The molecule has 1 heterocycles. The van der Waals surface area contributed by atoms with E-state index in [9.17, 15) is 0 Å². The van der Waals surface area contributed by atoms with Gasteiger partial charge in [-0.05, 0) is 53.9 Å². The number of rotatable bonds is 2. The van der Waals surface area contributed by atoms with E-state index < -0.39 is 0 Å². The zero-order chi connectivity index (χ0) is 20.4. The Morgan fingerprint density at radius 3 is 1.19 bits per heavy atom. The van der Waals surface area contributed by atoms with E-state index >= 15 is 0 Å². The van der Waals surface area contributed by atoms with Crippen molar-refractivity contribution in [1.82, 2.24) is 0 Å². The van der Waals surface area contributed by atoms with Gasteiger partial charge in [0.05, 0.1) is 12.2 Å². The van der Waals surface area contributed by atoms with Crippen LogP contribution in [0.3, 0.4) is 0 Å². The Hall–Kier alpha value is 4.26. The fourth-order valence-electron chi connectivity index (χ4n) is 3.05. The molecule has 0 radical (unpaired) electrons. The molecule has 1 aliphatic heterocycles. The summed E-state index contributed by atoms with van der Waals surface area (Å²) in [6.45, 7) is 12.4. The zero-order valence-corrected chi connectivity index (χ0v) is 24.2. The quantitative estimate of drug-likeness (QED) is 0.424. The van der Waals surface area contributed by atoms with Crippen molar-refractivity contribution in [3.63, 3.8) is 0 Å². The third-order valence-corrected chi connectivity index (χ3v) is 4.99. The Bertz CT molecular complexity index is 624. The largest absolute Gasteiger partial charge is 0.344 e. The van der Waals surface area contributed by atoms with E-state index in [-0.39, 0.29) is 169 Å². The summed E-state index contributed by atoms with van der Waals surface area (Å²) in [5.74, 6) is -0.386. The topological polar surface area (TPSA) is 18.5 Å². The van der Waals surface area contributed by atoms with Crippen molar-refractivity contribution in [1.29, 1.82) is 0 Å². The van der Waals surface area contributed by atoms with E-state index in [2.05, 4.69) is 76.5 Å². The van der Waals surface area contributed by atoms with E-state index in [4.69, 9.17) is 9.47 Å². The molecule has 0 N–H and O–H groups in total. The van der Waals surface area contributed by atoms with E-state index in [1.165, 1.54) is 22.3 Å². The van der Waals surface area contributed by atoms with Gasteiger partial charge in [0.1, 0.15) is 0 Å². The van der Waals surface area contributed by atoms with E-state index in [1.807, 2.05) is 32.0 Å². The molecule has 4 atom stereocenters. The fourth-order valence-corrected chi connectivity index (χ4v) is 3.84. The summed E-state index contributed by atoms with van der Waals surface area (Å²) in [7, 11) is 5.38. The van der Waals surface area contributed by atoms with Crippen LogP contribution >= 0.6 is 18.5 Å². The molecule has 3 rings (SSSR count). The first-order valence-electron chi connectivity index (χ1n) is 9.49. The fraction of sp³-hybridized carbons (Fsp3) is 0.478. The SMILES string of the molecule is CC1(C)O[C@@H](CP)[C@H](CP)O1.Cc1cc(C)cc(C)c1.Cc1ccccc1.[Ar].[Ar].[Ar].[Ar]. The average Bonchev–Trinajstić information content (AvgIpc) is 2.89. The van der Waals surface area contributed by atoms with Crippen LogP contribution in [0.15, 0.2) is 48.5 Å². The van der Waals surface area contributed by atoms with Gasteiger partial charge in [0.15, 0.2) is 5.79 Å². The van der Waals surface area contributed by atoms with Gasteiger partial charge >= 0.3 is 0 Å². The average molecular weight is 566 g/mol.